The first kappa shape index (κ1) is 35.6. The van der Waals surface area contributed by atoms with Crippen LogP contribution in [0.2, 0.25) is 0 Å². The molecule has 194 valence electrons. The van der Waals surface area contributed by atoms with Gasteiger partial charge in [-0.1, -0.05) is 12.2 Å². The summed E-state index contributed by atoms with van der Waals surface area (Å²) in [5.74, 6) is -3.13. The SMILES string of the molecule is C=C[C@H](O)C1OC(C)(C)O[C@H]1[C@@H](O)C=C.COC(=O)C1OC(C)(C)O[C@H]1C(=O)OC.C[CH-]Br.[H-].[Mg+2]. The van der Waals surface area contributed by atoms with Crippen LogP contribution in [0.5, 0.6) is 0 Å². The van der Waals surface area contributed by atoms with Gasteiger partial charge in [-0.25, -0.2) is 9.59 Å². The minimum Gasteiger partial charge on any atom is -1.00 e. The van der Waals surface area contributed by atoms with E-state index in [0.717, 1.165) is 0 Å². The van der Waals surface area contributed by atoms with Gasteiger partial charge in [-0.15, -0.1) is 13.2 Å². The Morgan fingerprint density at radius 3 is 1.41 bits per heavy atom. The molecule has 0 amide bonds. The van der Waals surface area contributed by atoms with Crippen LogP contribution in [-0.4, -0.2) is 108 Å². The topological polar surface area (TPSA) is 130 Å². The quantitative estimate of drug-likeness (QED) is 0.213. The molecule has 0 spiro atoms. The number of aliphatic hydroxyl groups excluding tert-OH is 2. The second kappa shape index (κ2) is 16.2. The van der Waals surface area contributed by atoms with Crippen LogP contribution in [0.15, 0.2) is 25.3 Å². The molecule has 0 bridgehead atoms. The minimum absolute atomic E-state index is 0. The molecule has 0 radical (unpaired) electrons. The van der Waals surface area contributed by atoms with E-state index in [0.29, 0.717) is 0 Å². The van der Waals surface area contributed by atoms with Gasteiger partial charge in [0.2, 0.25) is 0 Å². The smallest absolute Gasteiger partial charge is 1.00 e. The molecule has 0 aliphatic carbocycles. The molecule has 2 rings (SSSR count). The van der Waals surface area contributed by atoms with Crippen LogP contribution in [0.25, 0.3) is 0 Å². The summed E-state index contributed by atoms with van der Waals surface area (Å²) in [6.45, 7) is 15.5. The molecule has 0 aromatic heterocycles. The fourth-order valence-corrected chi connectivity index (χ4v) is 2.95. The third kappa shape index (κ3) is 11.0. The number of esters is 2. The number of methoxy groups -OCH3 is 2. The largest absolute Gasteiger partial charge is 2.00 e. The van der Waals surface area contributed by atoms with Gasteiger partial charge in [0.05, 0.1) is 14.2 Å². The summed E-state index contributed by atoms with van der Waals surface area (Å²) in [5, 5.41) is 21.1. The van der Waals surface area contributed by atoms with Crippen LogP contribution >= 0.6 is 15.9 Å². The Morgan fingerprint density at radius 2 is 1.18 bits per heavy atom. The molecule has 0 aromatic carbocycles. The molecule has 2 aliphatic heterocycles. The van der Waals surface area contributed by atoms with Gasteiger partial charge in [0.15, 0.2) is 23.8 Å². The second-order valence-electron chi connectivity index (χ2n) is 7.76. The van der Waals surface area contributed by atoms with Gasteiger partial charge in [0.1, 0.15) is 24.4 Å². The van der Waals surface area contributed by atoms with Gasteiger partial charge >= 0.3 is 35.0 Å². The summed E-state index contributed by atoms with van der Waals surface area (Å²) < 4.78 is 30.5. The van der Waals surface area contributed by atoms with Crippen molar-refractivity contribution in [3.63, 3.8) is 0 Å². The van der Waals surface area contributed by atoms with Crippen molar-refractivity contribution in [3.8, 4) is 0 Å². The normalized spacial score (nSPS) is 27.8. The molecule has 0 aromatic rings. The molecule has 2 unspecified atom stereocenters. The number of carbonyl (C=O) groups is 2. The standard InChI is InChI=1S/C11H18O4.C9H14O6.C2H4Br.Mg.H/c1-5-7(12)9-10(8(13)6-2)15-11(3,4)14-9;1-9(2)14-5(7(10)12-3)6(15-9)8(11)13-4;1-2-3;;/h5-10,12-13H,1-2H2,3-4H3;5-6H,1-4H3;2H,1H3;;/q;;-1;+2;-1/t7-,8-,9-,10?;5-,6?;;;/m01.../s1. The van der Waals surface area contributed by atoms with Crippen molar-refractivity contribution in [2.45, 2.75) is 82.8 Å². The molecule has 0 saturated carbocycles. The Hall–Kier alpha value is -0.574. The van der Waals surface area contributed by atoms with Crippen LogP contribution in [0, 0.1) is 5.33 Å². The maximum atomic E-state index is 11.3. The van der Waals surface area contributed by atoms with Crippen molar-refractivity contribution >= 4 is 50.9 Å². The fraction of sp³-hybridized carbons (Fsp3) is 0.682. The first-order valence-corrected chi connectivity index (χ1v) is 11.0. The maximum absolute atomic E-state index is 11.3. The summed E-state index contributed by atoms with van der Waals surface area (Å²) in [6.07, 6.45) is -2.40. The number of carbonyl (C=O) groups excluding carboxylic acids is 2. The maximum Gasteiger partial charge on any atom is 2.00 e. The van der Waals surface area contributed by atoms with Crippen molar-refractivity contribution < 1.29 is 49.6 Å². The number of rotatable bonds is 6. The summed E-state index contributed by atoms with van der Waals surface area (Å²) in [4.78, 5) is 22.6. The van der Waals surface area contributed by atoms with Gasteiger partial charge in [-0.05, 0) is 27.7 Å². The first-order chi connectivity index (χ1) is 15.2. The van der Waals surface area contributed by atoms with Gasteiger partial charge < -0.3 is 56.0 Å². The third-order valence-corrected chi connectivity index (χ3v) is 4.28. The first-order valence-electron chi connectivity index (χ1n) is 10.1. The molecule has 2 saturated heterocycles. The van der Waals surface area contributed by atoms with Crippen LogP contribution in [-0.2, 0) is 38.0 Å². The molecule has 2 fully saturated rings. The molecule has 12 heteroatoms. The molecule has 6 atom stereocenters. The van der Waals surface area contributed by atoms with E-state index < -0.39 is 60.1 Å². The molecule has 2 N–H and O–H groups in total. The monoisotopic (exact) mass is 564 g/mol. The van der Waals surface area contributed by atoms with Crippen LogP contribution in [0.3, 0.4) is 0 Å². The Kier molecular flexibility index (Phi) is 17.0. The summed E-state index contributed by atoms with van der Waals surface area (Å²) in [5.41, 5.74) is 0. The Balaban J connectivity index is -0.000000500. The second-order valence-corrected chi connectivity index (χ2v) is 8.67. The van der Waals surface area contributed by atoms with E-state index in [1.807, 2.05) is 12.3 Å². The molecule has 10 nitrogen and oxygen atoms in total. The van der Waals surface area contributed by atoms with E-state index in [4.69, 9.17) is 18.9 Å². The Labute approximate surface area is 227 Å². The molecule has 34 heavy (non-hydrogen) atoms. The van der Waals surface area contributed by atoms with E-state index >= 15 is 0 Å². The summed E-state index contributed by atoms with van der Waals surface area (Å²) in [7, 11) is 2.43. The zero-order chi connectivity index (χ0) is 26.0. The minimum atomic E-state index is -1.07. The number of ether oxygens (including phenoxy) is 6. The van der Waals surface area contributed by atoms with Crippen LogP contribution in [0.1, 0.15) is 36.0 Å². The average Bonchev–Trinajstić information content (AvgIpc) is 3.27. The molecular weight excluding hydrogens is 528 g/mol. The molecule has 2 aliphatic rings. The number of hydrogen-bond acceptors (Lipinski definition) is 10. The van der Waals surface area contributed by atoms with Crippen LogP contribution < -0.4 is 0 Å². The zero-order valence-electron chi connectivity index (χ0n) is 21.9. The average molecular weight is 566 g/mol. The number of aliphatic hydroxyl groups is 2. The Bertz CT molecular complexity index is 614. The summed E-state index contributed by atoms with van der Waals surface area (Å²) >= 11 is 3.02. The van der Waals surface area contributed by atoms with E-state index in [-0.39, 0.29) is 24.5 Å². The fourth-order valence-electron chi connectivity index (χ4n) is 2.95. The van der Waals surface area contributed by atoms with Crippen molar-refractivity contribution in [3.05, 3.63) is 30.6 Å². The van der Waals surface area contributed by atoms with Gasteiger partial charge in [0.25, 0.3) is 0 Å². The van der Waals surface area contributed by atoms with E-state index in [1.54, 1.807) is 27.7 Å². The summed E-state index contributed by atoms with van der Waals surface area (Å²) in [6, 6.07) is 0. The van der Waals surface area contributed by atoms with Gasteiger partial charge in [-0.3, -0.25) is 5.33 Å². The van der Waals surface area contributed by atoms with Crippen molar-refractivity contribution in [1.29, 1.82) is 0 Å². The predicted octanol–water partition coefficient (Wildman–Crippen LogP) is 1.75. The van der Waals surface area contributed by atoms with Crippen molar-refractivity contribution in [2.24, 2.45) is 0 Å². The van der Waals surface area contributed by atoms with E-state index in [9.17, 15) is 19.8 Å². The van der Waals surface area contributed by atoms with Crippen LogP contribution in [0.4, 0.5) is 0 Å². The molecular formula is C22H37BrMgO10. The zero-order valence-corrected chi connectivity index (χ0v) is 23.9. The van der Waals surface area contributed by atoms with E-state index in [1.165, 1.54) is 26.4 Å². The third-order valence-electron chi connectivity index (χ3n) is 4.28. The van der Waals surface area contributed by atoms with E-state index in [2.05, 4.69) is 38.6 Å². The van der Waals surface area contributed by atoms with Gasteiger partial charge in [-0.2, -0.15) is 6.92 Å². The van der Waals surface area contributed by atoms with Gasteiger partial charge in [0, 0.05) is 0 Å². The number of halogens is 1. The van der Waals surface area contributed by atoms with Crippen molar-refractivity contribution in [2.75, 3.05) is 14.2 Å². The Morgan fingerprint density at radius 1 is 0.912 bits per heavy atom. The van der Waals surface area contributed by atoms with Crippen molar-refractivity contribution in [1.82, 2.24) is 0 Å². The number of hydrogen-bond donors (Lipinski definition) is 2. The predicted molar refractivity (Wildman–Crippen MR) is 130 cm³/mol. The molecule has 2 heterocycles.